The maximum atomic E-state index is 11.4. The second-order valence-electron chi connectivity index (χ2n) is 12.9. The zero-order chi connectivity index (χ0) is 34.3. The Hall–Kier alpha value is -0.169. The van der Waals surface area contributed by atoms with Gasteiger partial charge in [0.05, 0.1) is 9.79 Å². The van der Waals surface area contributed by atoms with E-state index in [4.69, 9.17) is 0 Å². The second-order valence-corrected chi connectivity index (χ2v) is 15.5. The zero-order valence-electron chi connectivity index (χ0n) is 30.0. The molecule has 0 saturated heterocycles. The molecule has 2 aromatic carbocycles. The summed E-state index contributed by atoms with van der Waals surface area (Å²) < 4.78 is 68.4. The van der Waals surface area contributed by atoms with Gasteiger partial charge in [0.15, 0.2) is 0 Å². The van der Waals surface area contributed by atoms with Crippen LogP contribution >= 0.6 is 0 Å². The van der Waals surface area contributed by atoms with Gasteiger partial charge in [-0.05, 0) is 61.8 Å². The average molecular weight is 816 g/mol. The Morgan fingerprint density at radius 3 is 0.957 bits per heavy atom. The molecular weight excluding hydrogens is 754 g/mol. The summed E-state index contributed by atoms with van der Waals surface area (Å²) in [6.45, 7) is 7.84. The van der Waals surface area contributed by atoms with E-state index in [0.717, 1.165) is 25.7 Å². The molecule has 9 heteroatoms. The van der Waals surface area contributed by atoms with Gasteiger partial charge >= 0.3 is 48.9 Å². The maximum Gasteiger partial charge on any atom is 2.00 e. The largest absolute Gasteiger partial charge is 2.00 e. The van der Waals surface area contributed by atoms with E-state index in [1.54, 1.807) is 38.1 Å². The Morgan fingerprint density at radius 2 is 0.702 bits per heavy atom. The summed E-state index contributed by atoms with van der Waals surface area (Å²) in [5.74, 6) is 0. The van der Waals surface area contributed by atoms with Crippen LogP contribution in [0.3, 0.4) is 0 Å². The van der Waals surface area contributed by atoms with Crippen molar-refractivity contribution in [1.82, 2.24) is 0 Å². The van der Waals surface area contributed by atoms with Crippen LogP contribution in [0.2, 0.25) is 0 Å². The molecule has 0 saturated carbocycles. The summed E-state index contributed by atoms with van der Waals surface area (Å²) in [6, 6.07) is 10.6. The van der Waals surface area contributed by atoms with E-state index < -0.39 is 20.2 Å². The quantitative estimate of drug-likeness (QED) is 0.0592. The molecule has 0 aromatic heterocycles. The molecule has 0 aliphatic heterocycles. The Balaban J connectivity index is 0.000000882. The monoisotopic (exact) mass is 816 g/mol. The molecule has 0 spiro atoms. The Bertz CT molecular complexity index is 1210. The van der Waals surface area contributed by atoms with Crippen molar-refractivity contribution in [2.45, 2.75) is 179 Å². The van der Waals surface area contributed by atoms with Crippen molar-refractivity contribution in [3.63, 3.8) is 0 Å². The summed E-state index contributed by atoms with van der Waals surface area (Å²) in [5, 5.41) is 0. The smallest absolute Gasteiger partial charge is 0.744 e. The molecular formula is C38H62BaO6S2. The maximum absolute atomic E-state index is 11.4. The fourth-order valence-electron chi connectivity index (χ4n) is 6.14. The fourth-order valence-corrected chi connectivity index (χ4v) is 8.05. The minimum Gasteiger partial charge on any atom is -0.744 e. The van der Waals surface area contributed by atoms with Crippen molar-refractivity contribution in [2.75, 3.05) is 0 Å². The van der Waals surface area contributed by atoms with Gasteiger partial charge in [-0.15, -0.1) is 0 Å². The third kappa shape index (κ3) is 21.6. The van der Waals surface area contributed by atoms with Gasteiger partial charge in [0.25, 0.3) is 0 Å². The summed E-state index contributed by atoms with van der Waals surface area (Å²) >= 11 is 0. The summed E-state index contributed by atoms with van der Waals surface area (Å²) in [4.78, 5) is -0.00755. The third-order valence-corrected chi connectivity index (χ3v) is 10.9. The first-order chi connectivity index (χ1) is 21.9. The van der Waals surface area contributed by atoms with Crippen molar-refractivity contribution < 1.29 is 25.9 Å². The minimum atomic E-state index is -4.38. The summed E-state index contributed by atoms with van der Waals surface area (Å²) in [7, 11) is -8.75. The molecule has 0 heterocycles. The molecule has 264 valence electrons. The Morgan fingerprint density at radius 1 is 0.447 bits per heavy atom. The van der Waals surface area contributed by atoms with Gasteiger partial charge in [0.2, 0.25) is 0 Å². The van der Waals surface area contributed by atoms with Crippen LogP contribution in [0.15, 0.2) is 46.2 Å². The fraction of sp³-hybridized carbons (Fsp3) is 0.684. The van der Waals surface area contributed by atoms with Crippen LogP contribution in [-0.2, 0) is 33.1 Å². The summed E-state index contributed by atoms with van der Waals surface area (Å²) in [5.41, 5.74) is 2.48. The van der Waals surface area contributed by atoms with Crippen molar-refractivity contribution >= 4 is 69.1 Å². The first-order valence-electron chi connectivity index (χ1n) is 18.0. The number of hydrogen-bond acceptors (Lipinski definition) is 6. The molecule has 0 radical (unpaired) electrons. The Kier molecular flexibility index (Phi) is 27.4. The standard InChI is InChI=1S/2C19H32O3S.Ba/c2*1-3-4-5-6-7-8-9-10-11-12-15-18-16-13-14-17(2)19(18)23(20,21)22;/h2*13-14,16H,3-12,15H2,1-2H3,(H,20,21,22);/q;;+2/p-2. The molecule has 6 nitrogen and oxygen atoms in total. The second kappa shape index (κ2) is 27.5. The van der Waals surface area contributed by atoms with Crippen LogP contribution in [0.1, 0.15) is 165 Å². The van der Waals surface area contributed by atoms with Gasteiger partial charge in [0, 0.05) is 0 Å². The number of aryl methyl sites for hydroxylation is 4. The summed E-state index contributed by atoms with van der Waals surface area (Å²) in [6.07, 6.45) is 26.3. The predicted molar refractivity (Wildman–Crippen MR) is 195 cm³/mol. The molecule has 2 aromatic rings. The van der Waals surface area contributed by atoms with Crippen molar-refractivity contribution in [2.24, 2.45) is 0 Å². The van der Waals surface area contributed by atoms with E-state index in [9.17, 15) is 25.9 Å². The molecule has 0 amide bonds. The number of benzene rings is 2. The predicted octanol–water partition coefficient (Wildman–Crippen LogP) is 10.3. The van der Waals surface area contributed by atoms with Crippen LogP contribution in [0, 0.1) is 13.8 Å². The van der Waals surface area contributed by atoms with E-state index in [0.29, 0.717) is 35.1 Å². The topological polar surface area (TPSA) is 114 Å². The normalized spacial score (nSPS) is 11.5. The van der Waals surface area contributed by atoms with Crippen LogP contribution in [0.4, 0.5) is 0 Å². The van der Waals surface area contributed by atoms with E-state index in [1.807, 2.05) is 12.1 Å². The van der Waals surface area contributed by atoms with Gasteiger partial charge in [-0.1, -0.05) is 166 Å². The van der Waals surface area contributed by atoms with Crippen molar-refractivity contribution in [3.8, 4) is 0 Å². The van der Waals surface area contributed by atoms with Gasteiger partial charge in [-0.25, -0.2) is 16.8 Å². The Labute approximate surface area is 329 Å². The molecule has 0 fully saturated rings. The van der Waals surface area contributed by atoms with Gasteiger partial charge in [0.1, 0.15) is 20.2 Å². The molecule has 0 aliphatic rings. The molecule has 0 aliphatic carbocycles. The van der Waals surface area contributed by atoms with Gasteiger partial charge in [-0.2, -0.15) is 0 Å². The zero-order valence-corrected chi connectivity index (χ0v) is 36.1. The SMILES string of the molecule is CCCCCCCCCCCCc1cccc(C)c1S(=O)(=O)[O-].CCCCCCCCCCCCc1cccc(C)c1S(=O)(=O)[O-].[Ba+2]. The average Bonchev–Trinajstić information content (AvgIpc) is 2.98. The molecule has 0 atom stereocenters. The first-order valence-corrected chi connectivity index (χ1v) is 20.8. The molecule has 0 N–H and O–H groups in total. The van der Waals surface area contributed by atoms with Crippen molar-refractivity contribution in [3.05, 3.63) is 58.7 Å². The molecule has 0 unspecified atom stereocenters. The number of rotatable bonds is 24. The van der Waals surface area contributed by atoms with Crippen LogP contribution in [0.5, 0.6) is 0 Å². The van der Waals surface area contributed by atoms with Gasteiger partial charge < -0.3 is 9.11 Å². The minimum absolute atomic E-state index is 0. The number of unbranched alkanes of at least 4 members (excludes halogenated alkanes) is 18. The number of hydrogen-bond donors (Lipinski definition) is 0. The molecule has 2 rings (SSSR count). The van der Waals surface area contributed by atoms with E-state index in [1.165, 1.54) is 103 Å². The van der Waals surface area contributed by atoms with E-state index in [2.05, 4.69) is 13.8 Å². The molecule has 0 bridgehead atoms. The molecule has 47 heavy (non-hydrogen) atoms. The first kappa shape index (κ1) is 46.8. The van der Waals surface area contributed by atoms with E-state index in [-0.39, 0.29) is 58.7 Å². The van der Waals surface area contributed by atoms with Crippen molar-refractivity contribution in [1.29, 1.82) is 0 Å². The van der Waals surface area contributed by atoms with E-state index >= 15 is 0 Å². The van der Waals surface area contributed by atoms with Crippen LogP contribution < -0.4 is 0 Å². The van der Waals surface area contributed by atoms with Gasteiger partial charge in [-0.3, -0.25) is 0 Å². The van der Waals surface area contributed by atoms with Crippen LogP contribution in [-0.4, -0.2) is 74.8 Å². The van der Waals surface area contributed by atoms with Crippen LogP contribution in [0.25, 0.3) is 0 Å². The third-order valence-electron chi connectivity index (χ3n) is 8.69.